The zero-order valence-corrected chi connectivity index (χ0v) is 11.9. The predicted molar refractivity (Wildman–Crippen MR) is 75.1 cm³/mol. The van der Waals surface area contributed by atoms with E-state index >= 15 is 0 Å². The van der Waals surface area contributed by atoms with Gasteiger partial charge in [0.1, 0.15) is 0 Å². The minimum atomic E-state index is -3.84. The summed E-state index contributed by atoms with van der Waals surface area (Å²) in [7, 11) is -2.52. The molecule has 2 rings (SSSR count). The molecular formula is C14H13NO5S. The number of phenols is 1. The van der Waals surface area contributed by atoms with Crippen molar-refractivity contribution in [2.45, 2.75) is 9.79 Å². The van der Waals surface area contributed by atoms with E-state index in [0.29, 0.717) is 0 Å². The summed E-state index contributed by atoms with van der Waals surface area (Å²) < 4.78 is 29.9. The van der Waals surface area contributed by atoms with Gasteiger partial charge in [-0.3, -0.25) is 4.79 Å². The number of hydrogen-bond donors (Lipinski definition) is 2. The monoisotopic (exact) mass is 307 g/mol. The Morgan fingerprint density at radius 1 is 1.14 bits per heavy atom. The first-order chi connectivity index (χ1) is 9.86. The molecular weight excluding hydrogens is 294 g/mol. The molecule has 6 nitrogen and oxygen atoms in total. The summed E-state index contributed by atoms with van der Waals surface area (Å²) in [5.41, 5.74) is 5.24. The van der Waals surface area contributed by atoms with Gasteiger partial charge in [0.25, 0.3) is 0 Å². The van der Waals surface area contributed by atoms with E-state index in [1.54, 1.807) is 0 Å². The number of nitrogens with two attached hydrogens (primary N) is 1. The van der Waals surface area contributed by atoms with Crippen LogP contribution in [0.5, 0.6) is 11.5 Å². The van der Waals surface area contributed by atoms with Crippen molar-refractivity contribution in [1.82, 2.24) is 0 Å². The molecule has 0 radical (unpaired) electrons. The highest BCUT2D eigenvalue weighted by molar-refractivity contribution is 7.91. The number of methoxy groups -OCH3 is 1. The smallest absolute Gasteiger partial charge is 0.248 e. The molecule has 0 unspecified atom stereocenters. The predicted octanol–water partition coefficient (Wildman–Crippen LogP) is 1.33. The van der Waals surface area contributed by atoms with Crippen LogP contribution in [0.15, 0.2) is 52.3 Å². The summed E-state index contributed by atoms with van der Waals surface area (Å²) in [5.74, 6) is -0.834. The summed E-state index contributed by atoms with van der Waals surface area (Å²) in [6.45, 7) is 0. The van der Waals surface area contributed by atoms with Crippen molar-refractivity contribution < 1.29 is 23.1 Å². The molecule has 0 aliphatic rings. The first-order valence-electron chi connectivity index (χ1n) is 5.88. The van der Waals surface area contributed by atoms with Crippen LogP contribution in [-0.2, 0) is 9.84 Å². The number of benzene rings is 2. The minimum absolute atomic E-state index is 0.0436. The minimum Gasteiger partial charge on any atom is -0.504 e. The number of ether oxygens (including phenoxy) is 1. The van der Waals surface area contributed by atoms with Crippen LogP contribution in [0.25, 0.3) is 0 Å². The van der Waals surface area contributed by atoms with Crippen LogP contribution in [0.1, 0.15) is 10.4 Å². The van der Waals surface area contributed by atoms with Crippen LogP contribution >= 0.6 is 0 Å². The molecule has 2 aromatic carbocycles. The second-order valence-electron chi connectivity index (χ2n) is 4.23. The Morgan fingerprint density at radius 3 is 2.43 bits per heavy atom. The number of hydrogen-bond acceptors (Lipinski definition) is 5. The molecule has 0 aromatic heterocycles. The molecule has 0 saturated heterocycles. The Hall–Kier alpha value is -2.54. The van der Waals surface area contributed by atoms with Crippen molar-refractivity contribution in [3.8, 4) is 11.5 Å². The highest BCUT2D eigenvalue weighted by Gasteiger charge is 2.20. The Balaban J connectivity index is 2.57. The van der Waals surface area contributed by atoms with Gasteiger partial charge in [0.05, 0.1) is 16.9 Å². The number of sulfone groups is 1. The van der Waals surface area contributed by atoms with Gasteiger partial charge < -0.3 is 15.6 Å². The Bertz CT molecular complexity index is 799. The van der Waals surface area contributed by atoms with E-state index in [1.807, 2.05) is 0 Å². The van der Waals surface area contributed by atoms with E-state index in [-0.39, 0.29) is 26.9 Å². The molecule has 0 saturated carbocycles. The summed E-state index contributed by atoms with van der Waals surface area (Å²) in [6, 6.07) is 9.12. The molecule has 1 amide bonds. The van der Waals surface area contributed by atoms with Gasteiger partial charge in [-0.2, -0.15) is 0 Å². The summed E-state index contributed by atoms with van der Waals surface area (Å²) >= 11 is 0. The van der Waals surface area contributed by atoms with E-state index in [1.165, 1.54) is 49.6 Å². The first-order valence-corrected chi connectivity index (χ1v) is 7.36. The van der Waals surface area contributed by atoms with Crippen LogP contribution in [0, 0.1) is 0 Å². The van der Waals surface area contributed by atoms with Crippen molar-refractivity contribution in [2.75, 3.05) is 7.11 Å². The quantitative estimate of drug-likeness (QED) is 0.886. The maximum absolute atomic E-state index is 12.5. The highest BCUT2D eigenvalue weighted by atomic mass is 32.2. The summed E-state index contributed by atoms with van der Waals surface area (Å²) in [5, 5.41) is 9.51. The van der Waals surface area contributed by atoms with Crippen LogP contribution in [0.4, 0.5) is 0 Å². The SMILES string of the molecule is COc1cc(S(=O)(=O)c2cccc(C(N)=O)c2)ccc1O. The third-order valence-corrected chi connectivity index (χ3v) is 4.64. The van der Waals surface area contributed by atoms with Gasteiger partial charge in [0, 0.05) is 11.6 Å². The lowest BCUT2D eigenvalue weighted by molar-refractivity contribution is 0.1000. The Kier molecular flexibility index (Phi) is 3.86. The second kappa shape index (κ2) is 5.45. The van der Waals surface area contributed by atoms with Crippen LogP contribution in [0.3, 0.4) is 0 Å². The molecule has 2 aromatic rings. The number of rotatable bonds is 4. The molecule has 3 N–H and O–H groups in total. The number of amides is 1. The largest absolute Gasteiger partial charge is 0.504 e. The zero-order valence-electron chi connectivity index (χ0n) is 11.1. The average Bonchev–Trinajstić information content (AvgIpc) is 2.47. The topological polar surface area (TPSA) is 107 Å². The molecule has 7 heteroatoms. The molecule has 0 spiro atoms. The normalized spacial score (nSPS) is 11.1. The molecule has 0 atom stereocenters. The first kappa shape index (κ1) is 14.9. The van der Waals surface area contributed by atoms with E-state index in [2.05, 4.69) is 0 Å². The molecule has 0 aliphatic heterocycles. The van der Waals surface area contributed by atoms with Crippen molar-refractivity contribution in [2.24, 2.45) is 5.73 Å². The van der Waals surface area contributed by atoms with Crippen LogP contribution in [0.2, 0.25) is 0 Å². The van der Waals surface area contributed by atoms with Gasteiger partial charge in [0.15, 0.2) is 11.5 Å². The average molecular weight is 307 g/mol. The highest BCUT2D eigenvalue weighted by Crippen LogP contribution is 2.31. The standard InChI is InChI=1S/C14H13NO5S/c1-20-13-8-11(5-6-12(13)16)21(18,19)10-4-2-3-9(7-10)14(15)17/h2-8,16H,1H3,(H2,15,17). The number of carbonyl (C=O) groups excluding carboxylic acids is 1. The van der Waals surface area contributed by atoms with E-state index in [4.69, 9.17) is 10.5 Å². The maximum atomic E-state index is 12.5. The van der Waals surface area contributed by atoms with Gasteiger partial charge in [-0.05, 0) is 30.3 Å². The molecule has 0 fully saturated rings. The Labute approximate surface area is 121 Å². The third-order valence-electron chi connectivity index (χ3n) is 2.89. The van der Waals surface area contributed by atoms with Crippen molar-refractivity contribution >= 4 is 15.7 Å². The lowest BCUT2D eigenvalue weighted by Gasteiger charge is -2.08. The van der Waals surface area contributed by atoms with Gasteiger partial charge in [-0.15, -0.1) is 0 Å². The summed E-state index contributed by atoms with van der Waals surface area (Å²) in [4.78, 5) is 11.0. The summed E-state index contributed by atoms with van der Waals surface area (Å²) in [6.07, 6.45) is 0. The van der Waals surface area contributed by atoms with Gasteiger partial charge in [-0.25, -0.2) is 8.42 Å². The fourth-order valence-electron chi connectivity index (χ4n) is 1.78. The second-order valence-corrected chi connectivity index (χ2v) is 6.18. The van der Waals surface area contributed by atoms with Crippen molar-refractivity contribution in [3.63, 3.8) is 0 Å². The van der Waals surface area contributed by atoms with Crippen molar-refractivity contribution in [1.29, 1.82) is 0 Å². The fourth-order valence-corrected chi connectivity index (χ4v) is 3.10. The van der Waals surface area contributed by atoms with Gasteiger partial charge in [-0.1, -0.05) is 6.07 Å². The van der Waals surface area contributed by atoms with Gasteiger partial charge in [0.2, 0.25) is 15.7 Å². The van der Waals surface area contributed by atoms with E-state index in [9.17, 15) is 18.3 Å². The molecule has 0 heterocycles. The van der Waals surface area contributed by atoms with E-state index in [0.717, 1.165) is 0 Å². The molecule has 21 heavy (non-hydrogen) atoms. The Morgan fingerprint density at radius 2 is 1.81 bits per heavy atom. The number of phenolic OH excluding ortho intramolecular Hbond substituents is 1. The number of carbonyl (C=O) groups is 1. The van der Waals surface area contributed by atoms with Crippen LogP contribution < -0.4 is 10.5 Å². The maximum Gasteiger partial charge on any atom is 0.248 e. The zero-order chi connectivity index (χ0) is 15.6. The molecule has 110 valence electrons. The molecule has 0 bridgehead atoms. The molecule has 0 aliphatic carbocycles. The number of aromatic hydroxyl groups is 1. The lowest BCUT2D eigenvalue weighted by Crippen LogP contribution is -2.12. The van der Waals surface area contributed by atoms with Gasteiger partial charge >= 0.3 is 0 Å². The fraction of sp³-hybridized carbons (Fsp3) is 0.0714. The third kappa shape index (κ3) is 2.82. The van der Waals surface area contributed by atoms with Crippen molar-refractivity contribution in [3.05, 3.63) is 48.0 Å². The van der Waals surface area contributed by atoms with Crippen LogP contribution in [-0.4, -0.2) is 26.5 Å². The lowest BCUT2D eigenvalue weighted by atomic mass is 10.2. The van der Waals surface area contributed by atoms with E-state index < -0.39 is 15.7 Å². The number of primary amides is 1.